The zero-order valence-electron chi connectivity index (χ0n) is 18.1. The van der Waals surface area contributed by atoms with E-state index in [2.05, 4.69) is 102 Å². The SMILES string of the molecule is CC1(C)C2=C(CC(=C(c3ccccc3)c3ccccc3)OC2)C(C)(C)C1(C)C. The molecule has 1 aliphatic carbocycles. The van der Waals surface area contributed by atoms with E-state index < -0.39 is 0 Å². The molecule has 0 N–H and O–H groups in total. The lowest BCUT2D eigenvalue weighted by Crippen LogP contribution is -2.39. The highest BCUT2D eigenvalue weighted by molar-refractivity contribution is 5.81. The lowest BCUT2D eigenvalue weighted by atomic mass is 9.58. The number of allylic oxidation sites excluding steroid dienone is 1. The van der Waals surface area contributed by atoms with Crippen LogP contribution in [0.4, 0.5) is 0 Å². The second-order valence-electron chi connectivity index (χ2n) is 9.83. The Kier molecular flexibility index (Phi) is 4.34. The van der Waals surface area contributed by atoms with Crippen molar-refractivity contribution in [2.75, 3.05) is 6.61 Å². The fourth-order valence-corrected chi connectivity index (χ4v) is 5.12. The standard InChI is InChI=1S/C27H32O/c1-25(2)21-17-23(28-18-22(21)26(3,4)27(25,5)6)24(19-13-9-7-10-14-19)20-15-11-8-12-16-20/h7-16H,17-18H2,1-6H3. The predicted molar refractivity (Wildman–Crippen MR) is 118 cm³/mol. The largest absolute Gasteiger partial charge is 0.493 e. The van der Waals surface area contributed by atoms with Crippen molar-refractivity contribution >= 4 is 5.57 Å². The van der Waals surface area contributed by atoms with Gasteiger partial charge in [-0.15, -0.1) is 0 Å². The molecule has 0 atom stereocenters. The Morgan fingerprint density at radius 3 is 1.64 bits per heavy atom. The average Bonchev–Trinajstić information content (AvgIpc) is 2.79. The summed E-state index contributed by atoms with van der Waals surface area (Å²) in [6.45, 7) is 15.2. The maximum absolute atomic E-state index is 6.51. The Bertz CT molecular complexity index is 899. The van der Waals surface area contributed by atoms with Crippen LogP contribution in [-0.2, 0) is 4.74 Å². The van der Waals surface area contributed by atoms with Gasteiger partial charge in [-0.2, -0.15) is 0 Å². The molecule has 0 fully saturated rings. The van der Waals surface area contributed by atoms with Crippen LogP contribution < -0.4 is 0 Å². The van der Waals surface area contributed by atoms with Crippen molar-refractivity contribution in [2.45, 2.75) is 48.0 Å². The second kappa shape index (κ2) is 6.37. The van der Waals surface area contributed by atoms with Gasteiger partial charge in [0.2, 0.25) is 0 Å². The van der Waals surface area contributed by atoms with Crippen molar-refractivity contribution in [3.63, 3.8) is 0 Å². The van der Waals surface area contributed by atoms with Crippen molar-refractivity contribution in [3.05, 3.63) is 88.7 Å². The Labute approximate surface area is 170 Å². The van der Waals surface area contributed by atoms with Crippen LogP contribution in [0.3, 0.4) is 0 Å². The van der Waals surface area contributed by atoms with E-state index in [4.69, 9.17) is 4.74 Å². The monoisotopic (exact) mass is 372 g/mol. The molecular weight excluding hydrogens is 340 g/mol. The van der Waals surface area contributed by atoms with E-state index in [1.54, 1.807) is 5.57 Å². The molecule has 1 heteroatoms. The van der Waals surface area contributed by atoms with Crippen molar-refractivity contribution in [1.29, 1.82) is 0 Å². The first-order valence-corrected chi connectivity index (χ1v) is 10.4. The summed E-state index contributed by atoms with van der Waals surface area (Å²) in [6.07, 6.45) is 0.897. The highest BCUT2D eigenvalue weighted by atomic mass is 16.5. The molecule has 0 radical (unpaired) electrons. The molecule has 0 bridgehead atoms. The molecule has 0 saturated carbocycles. The summed E-state index contributed by atoms with van der Waals surface area (Å²) in [5.74, 6) is 1.11. The topological polar surface area (TPSA) is 9.23 Å². The normalized spacial score (nSPS) is 21.9. The van der Waals surface area contributed by atoms with Gasteiger partial charge in [-0.1, -0.05) is 108 Å². The minimum absolute atomic E-state index is 0.136. The maximum Gasteiger partial charge on any atom is 0.110 e. The van der Waals surface area contributed by atoms with Gasteiger partial charge in [0.1, 0.15) is 12.4 Å². The fourth-order valence-electron chi connectivity index (χ4n) is 5.12. The summed E-state index contributed by atoms with van der Waals surface area (Å²) < 4.78 is 6.51. The third-order valence-electron chi connectivity index (χ3n) is 8.13. The van der Waals surface area contributed by atoms with Gasteiger partial charge in [0.25, 0.3) is 0 Å². The van der Waals surface area contributed by atoms with Gasteiger partial charge in [-0.3, -0.25) is 0 Å². The summed E-state index contributed by atoms with van der Waals surface area (Å²) in [6, 6.07) is 21.3. The average molecular weight is 373 g/mol. The number of ether oxygens (including phenoxy) is 1. The predicted octanol–water partition coefficient (Wildman–Crippen LogP) is 7.26. The number of rotatable bonds is 2. The molecule has 28 heavy (non-hydrogen) atoms. The maximum atomic E-state index is 6.51. The quantitative estimate of drug-likeness (QED) is 0.504. The zero-order chi connectivity index (χ0) is 20.2. The molecule has 1 aliphatic heterocycles. The molecule has 0 unspecified atom stereocenters. The molecule has 2 aromatic rings. The fraction of sp³-hybridized carbons (Fsp3) is 0.407. The van der Waals surface area contributed by atoms with Crippen LogP contribution in [-0.4, -0.2) is 6.61 Å². The molecule has 2 aliphatic rings. The minimum atomic E-state index is 0.136. The van der Waals surface area contributed by atoms with E-state index in [0.29, 0.717) is 6.61 Å². The van der Waals surface area contributed by atoms with Gasteiger partial charge in [0, 0.05) is 12.0 Å². The van der Waals surface area contributed by atoms with Crippen LogP contribution in [0.1, 0.15) is 59.1 Å². The van der Waals surface area contributed by atoms with Gasteiger partial charge in [-0.25, -0.2) is 0 Å². The molecule has 0 amide bonds. The number of hydrogen-bond acceptors (Lipinski definition) is 1. The third kappa shape index (κ3) is 2.59. The van der Waals surface area contributed by atoms with Crippen LogP contribution in [0.25, 0.3) is 5.57 Å². The van der Waals surface area contributed by atoms with E-state index in [-0.39, 0.29) is 16.2 Å². The molecule has 0 saturated heterocycles. The first-order valence-electron chi connectivity index (χ1n) is 10.4. The summed E-state index contributed by atoms with van der Waals surface area (Å²) in [7, 11) is 0. The molecule has 146 valence electrons. The molecule has 2 aromatic carbocycles. The summed E-state index contributed by atoms with van der Waals surface area (Å²) >= 11 is 0. The van der Waals surface area contributed by atoms with Gasteiger partial charge in [0.15, 0.2) is 0 Å². The summed E-state index contributed by atoms with van der Waals surface area (Å²) in [5.41, 5.74) is 7.22. The lowest BCUT2D eigenvalue weighted by molar-refractivity contribution is 0.0586. The Balaban J connectivity index is 1.88. The first kappa shape index (κ1) is 19.1. The summed E-state index contributed by atoms with van der Waals surface area (Å²) in [4.78, 5) is 0. The number of benzene rings is 2. The van der Waals surface area contributed by atoms with Crippen molar-refractivity contribution in [2.24, 2.45) is 16.2 Å². The van der Waals surface area contributed by atoms with Gasteiger partial charge in [-0.05, 0) is 32.9 Å². The van der Waals surface area contributed by atoms with E-state index in [0.717, 1.165) is 12.2 Å². The van der Waals surface area contributed by atoms with Gasteiger partial charge in [0.05, 0.1) is 0 Å². The van der Waals surface area contributed by atoms with E-state index in [1.165, 1.54) is 22.3 Å². The second-order valence-corrected chi connectivity index (χ2v) is 9.83. The molecule has 0 aromatic heterocycles. The first-order chi connectivity index (χ1) is 13.2. The molecule has 1 heterocycles. The van der Waals surface area contributed by atoms with Crippen LogP contribution >= 0.6 is 0 Å². The molecule has 4 rings (SSSR count). The van der Waals surface area contributed by atoms with Crippen LogP contribution in [0.2, 0.25) is 0 Å². The van der Waals surface area contributed by atoms with E-state index in [9.17, 15) is 0 Å². The Morgan fingerprint density at radius 2 is 1.14 bits per heavy atom. The summed E-state index contributed by atoms with van der Waals surface area (Å²) in [5, 5.41) is 0. The van der Waals surface area contributed by atoms with Crippen molar-refractivity contribution in [3.8, 4) is 0 Å². The minimum Gasteiger partial charge on any atom is -0.493 e. The van der Waals surface area contributed by atoms with Crippen molar-refractivity contribution < 1.29 is 4.74 Å². The highest BCUT2D eigenvalue weighted by Gasteiger charge is 2.58. The molecule has 1 nitrogen and oxygen atoms in total. The van der Waals surface area contributed by atoms with Gasteiger partial charge >= 0.3 is 0 Å². The number of hydrogen-bond donors (Lipinski definition) is 0. The van der Waals surface area contributed by atoms with Crippen LogP contribution in [0, 0.1) is 16.2 Å². The van der Waals surface area contributed by atoms with Crippen LogP contribution in [0.15, 0.2) is 77.6 Å². The van der Waals surface area contributed by atoms with E-state index in [1.807, 2.05) is 0 Å². The molecular formula is C27H32O. The smallest absolute Gasteiger partial charge is 0.110 e. The van der Waals surface area contributed by atoms with Crippen LogP contribution in [0.5, 0.6) is 0 Å². The lowest BCUT2D eigenvalue weighted by Gasteiger charge is -2.46. The third-order valence-corrected chi connectivity index (χ3v) is 8.13. The molecule has 0 spiro atoms. The van der Waals surface area contributed by atoms with Crippen molar-refractivity contribution in [1.82, 2.24) is 0 Å². The van der Waals surface area contributed by atoms with E-state index >= 15 is 0 Å². The highest BCUT2D eigenvalue weighted by Crippen LogP contribution is 2.67. The Hall–Kier alpha value is -2.28. The Morgan fingerprint density at radius 1 is 0.679 bits per heavy atom. The zero-order valence-corrected chi connectivity index (χ0v) is 18.1. The van der Waals surface area contributed by atoms with Gasteiger partial charge < -0.3 is 4.74 Å².